The van der Waals surface area contributed by atoms with Crippen LogP contribution in [0.5, 0.6) is 0 Å². The molecule has 3 nitrogen and oxygen atoms in total. The maximum atomic E-state index is 11.4. The van der Waals surface area contributed by atoms with E-state index >= 15 is 0 Å². The van der Waals surface area contributed by atoms with Crippen molar-refractivity contribution in [3.8, 4) is 0 Å². The maximum Gasteiger partial charge on any atom is 0.471 e. The van der Waals surface area contributed by atoms with E-state index in [1.165, 1.54) is 12.2 Å². The highest BCUT2D eigenvalue weighted by molar-refractivity contribution is 5.81. The largest absolute Gasteiger partial charge is 0.471 e. The summed E-state index contributed by atoms with van der Waals surface area (Å²) in [5.74, 6) is -2.03. The minimum absolute atomic E-state index is 0.391. The lowest BCUT2D eigenvalue weighted by atomic mass is 10.4. The Balaban J connectivity index is 3.71. The fourth-order valence-corrected chi connectivity index (χ4v) is 0.341. The van der Waals surface area contributed by atoms with Crippen LogP contribution < -0.4 is 5.32 Å². The highest BCUT2D eigenvalue weighted by Gasteiger charge is 2.38. The van der Waals surface area contributed by atoms with Gasteiger partial charge in [0.05, 0.1) is 6.10 Å². The fraction of sp³-hybridized carbons (Fsp3) is 0.800. The van der Waals surface area contributed by atoms with Crippen LogP contribution in [-0.4, -0.2) is 29.8 Å². The van der Waals surface area contributed by atoms with Gasteiger partial charge < -0.3 is 10.4 Å². The van der Waals surface area contributed by atoms with Crippen LogP contribution in [0.4, 0.5) is 13.2 Å². The Bertz CT molecular complexity index is 143. The minimum Gasteiger partial charge on any atom is -0.392 e. The average Bonchev–Trinajstić information content (AvgIpc) is 1.80. The van der Waals surface area contributed by atoms with E-state index in [4.69, 9.17) is 5.11 Å². The summed E-state index contributed by atoms with van der Waals surface area (Å²) in [7, 11) is 0. The van der Waals surface area contributed by atoms with E-state index in [-0.39, 0.29) is 0 Å². The average molecular weight is 171 g/mol. The summed E-state index contributed by atoms with van der Waals surface area (Å²) in [6.45, 7) is 0.884. The number of alkyl halides is 3. The number of rotatable bonds is 2. The van der Waals surface area contributed by atoms with Crippen molar-refractivity contribution >= 4 is 5.91 Å². The molecule has 0 aromatic heterocycles. The first-order valence-electron chi connectivity index (χ1n) is 2.87. The summed E-state index contributed by atoms with van der Waals surface area (Å²) in [4.78, 5) is 10.0. The molecular weight excluding hydrogens is 163 g/mol. The van der Waals surface area contributed by atoms with Gasteiger partial charge in [-0.1, -0.05) is 0 Å². The van der Waals surface area contributed by atoms with E-state index in [2.05, 4.69) is 0 Å². The third-order valence-corrected chi connectivity index (χ3v) is 0.815. The third kappa shape index (κ3) is 4.60. The van der Waals surface area contributed by atoms with Gasteiger partial charge in [-0.15, -0.1) is 0 Å². The molecule has 0 spiro atoms. The number of hydrogen-bond donors (Lipinski definition) is 2. The number of halogens is 3. The van der Waals surface area contributed by atoms with Gasteiger partial charge in [0, 0.05) is 6.54 Å². The van der Waals surface area contributed by atoms with Gasteiger partial charge in [-0.3, -0.25) is 4.79 Å². The Morgan fingerprint density at radius 1 is 1.64 bits per heavy atom. The van der Waals surface area contributed by atoms with Gasteiger partial charge in [-0.2, -0.15) is 13.2 Å². The smallest absolute Gasteiger partial charge is 0.392 e. The highest BCUT2D eigenvalue weighted by Crippen LogP contribution is 2.13. The molecule has 0 heterocycles. The van der Waals surface area contributed by atoms with Crippen LogP contribution >= 0.6 is 0 Å². The van der Waals surface area contributed by atoms with Crippen molar-refractivity contribution in [3.63, 3.8) is 0 Å². The van der Waals surface area contributed by atoms with Crippen molar-refractivity contribution in [1.82, 2.24) is 5.32 Å². The Morgan fingerprint density at radius 2 is 2.09 bits per heavy atom. The molecule has 0 saturated heterocycles. The predicted octanol–water partition coefficient (Wildman–Crippen LogP) is 0.0457. The number of amides is 1. The summed E-state index contributed by atoms with van der Waals surface area (Å²) in [5.41, 5.74) is 0. The second-order valence-corrected chi connectivity index (χ2v) is 2.06. The van der Waals surface area contributed by atoms with Crippen LogP contribution in [0, 0.1) is 0 Å². The predicted molar refractivity (Wildman–Crippen MR) is 30.7 cm³/mol. The first kappa shape index (κ1) is 10.2. The van der Waals surface area contributed by atoms with Crippen molar-refractivity contribution in [2.45, 2.75) is 19.2 Å². The van der Waals surface area contributed by atoms with Crippen molar-refractivity contribution in [3.05, 3.63) is 0 Å². The van der Waals surface area contributed by atoms with E-state index in [0.29, 0.717) is 0 Å². The van der Waals surface area contributed by atoms with Crippen LogP contribution in [0.3, 0.4) is 0 Å². The topological polar surface area (TPSA) is 49.3 Å². The van der Waals surface area contributed by atoms with E-state index in [0.717, 1.165) is 0 Å². The molecule has 1 amide bonds. The van der Waals surface area contributed by atoms with Gasteiger partial charge in [0.25, 0.3) is 0 Å². The molecular formula is C5H8F3NO2. The van der Waals surface area contributed by atoms with Crippen LogP contribution in [0.1, 0.15) is 6.92 Å². The fourth-order valence-electron chi connectivity index (χ4n) is 0.341. The quantitative estimate of drug-likeness (QED) is 0.616. The number of carbonyl (C=O) groups is 1. The molecule has 11 heavy (non-hydrogen) atoms. The van der Waals surface area contributed by atoms with Crippen molar-refractivity contribution < 1.29 is 23.1 Å². The first-order valence-corrected chi connectivity index (χ1v) is 2.87. The Kier molecular flexibility index (Phi) is 3.31. The van der Waals surface area contributed by atoms with E-state index in [9.17, 15) is 18.0 Å². The molecule has 1 atom stereocenters. The summed E-state index contributed by atoms with van der Waals surface area (Å²) in [5, 5.41) is 9.99. The van der Waals surface area contributed by atoms with E-state index in [1.807, 2.05) is 0 Å². The zero-order valence-electron chi connectivity index (χ0n) is 5.77. The van der Waals surface area contributed by atoms with Gasteiger partial charge in [0.1, 0.15) is 0 Å². The lowest BCUT2D eigenvalue weighted by Gasteiger charge is -2.08. The first-order chi connectivity index (χ1) is 4.84. The van der Waals surface area contributed by atoms with Crippen LogP contribution in [0.15, 0.2) is 0 Å². The maximum absolute atomic E-state index is 11.4. The van der Waals surface area contributed by atoms with Gasteiger partial charge >= 0.3 is 12.1 Å². The highest BCUT2D eigenvalue weighted by atomic mass is 19.4. The molecule has 0 radical (unpaired) electrons. The molecule has 0 aliphatic rings. The zero-order chi connectivity index (χ0) is 9.07. The third-order valence-electron chi connectivity index (χ3n) is 0.815. The molecule has 0 aromatic rings. The Labute approximate surface area is 61.2 Å². The minimum atomic E-state index is -4.87. The molecule has 0 unspecified atom stereocenters. The van der Waals surface area contributed by atoms with E-state index < -0.39 is 24.7 Å². The molecule has 0 fully saturated rings. The number of carbonyl (C=O) groups excluding carboxylic acids is 1. The lowest BCUT2D eigenvalue weighted by Crippen LogP contribution is -2.40. The van der Waals surface area contributed by atoms with Gasteiger partial charge in [-0.25, -0.2) is 0 Å². The van der Waals surface area contributed by atoms with Gasteiger partial charge in [0.2, 0.25) is 0 Å². The molecule has 0 bridgehead atoms. The van der Waals surface area contributed by atoms with Crippen LogP contribution in [0.2, 0.25) is 0 Å². The standard InChI is InChI=1S/C5H8F3NO2/c1-3(10)2-9-4(11)5(6,7)8/h3,10H,2H2,1H3,(H,9,11)/t3-/m0/s1. The molecule has 6 heteroatoms. The molecule has 0 aliphatic carbocycles. The monoisotopic (exact) mass is 171 g/mol. The molecule has 0 aliphatic heterocycles. The zero-order valence-corrected chi connectivity index (χ0v) is 5.77. The van der Waals surface area contributed by atoms with E-state index in [1.54, 1.807) is 0 Å². The van der Waals surface area contributed by atoms with Gasteiger partial charge in [-0.05, 0) is 6.92 Å². The number of aliphatic hydroxyl groups is 1. The van der Waals surface area contributed by atoms with Crippen molar-refractivity contribution in [2.75, 3.05) is 6.54 Å². The lowest BCUT2D eigenvalue weighted by molar-refractivity contribution is -0.173. The molecule has 0 rings (SSSR count). The Hall–Kier alpha value is -0.780. The molecule has 0 aromatic carbocycles. The normalized spacial score (nSPS) is 14.3. The molecule has 66 valence electrons. The number of nitrogens with one attached hydrogen (secondary N) is 1. The number of aliphatic hydroxyl groups excluding tert-OH is 1. The van der Waals surface area contributed by atoms with Crippen molar-refractivity contribution in [1.29, 1.82) is 0 Å². The second-order valence-electron chi connectivity index (χ2n) is 2.06. The van der Waals surface area contributed by atoms with Gasteiger partial charge in [0.15, 0.2) is 0 Å². The number of hydrogen-bond acceptors (Lipinski definition) is 2. The summed E-state index contributed by atoms with van der Waals surface area (Å²) < 4.78 is 34.2. The SMILES string of the molecule is C[C@H](O)CNC(=O)C(F)(F)F. The van der Waals surface area contributed by atoms with Crippen molar-refractivity contribution in [2.24, 2.45) is 0 Å². The summed E-state index contributed by atoms with van der Waals surface area (Å²) >= 11 is 0. The Morgan fingerprint density at radius 3 is 2.36 bits per heavy atom. The van der Waals surface area contributed by atoms with Crippen LogP contribution in [-0.2, 0) is 4.79 Å². The molecule has 2 N–H and O–H groups in total. The summed E-state index contributed by atoms with van der Waals surface area (Å²) in [6.07, 6.45) is -5.84. The summed E-state index contributed by atoms with van der Waals surface area (Å²) in [6, 6.07) is 0. The van der Waals surface area contributed by atoms with Crippen LogP contribution in [0.25, 0.3) is 0 Å². The second kappa shape index (κ2) is 3.56. The molecule has 0 saturated carbocycles.